The highest BCUT2D eigenvalue weighted by molar-refractivity contribution is 7.92. The summed E-state index contributed by atoms with van der Waals surface area (Å²) in [6.07, 6.45) is -0.962. The molecule has 0 unspecified atom stereocenters. The molecule has 6 nitrogen and oxygen atoms in total. The molecule has 0 aromatic heterocycles. The lowest BCUT2D eigenvalue weighted by Crippen LogP contribution is -2.49. The number of anilines is 2. The smallest absolute Gasteiger partial charge is 0.267 e. The van der Waals surface area contributed by atoms with Crippen molar-refractivity contribution in [2.75, 3.05) is 16.2 Å². The molecule has 1 N–H and O–H groups in total. The van der Waals surface area contributed by atoms with Crippen molar-refractivity contribution in [2.24, 2.45) is 0 Å². The van der Waals surface area contributed by atoms with E-state index in [1.165, 1.54) is 4.31 Å². The summed E-state index contributed by atoms with van der Waals surface area (Å²) in [5.41, 5.74) is 1.74. The summed E-state index contributed by atoms with van der Waals surface area (Å²) in [7, 11) is -3.72. The molecule has 29 heavy (non-hydrogen) atoms. The first kappa shape index (κ1) is 19.0. The number of nitrogens with one attached hydrogen (secondary N) is 1. The summed E-state index contributed by atoms with van der Waals surface area (Å²) in [6.45, 7) is -0.0924. The molecular weight excluding hydrogens is 388 g/mol. The molecule has 0 fully saturated rings. The number of amides is 1. The van der Waals surface area contributed by atoms with Gasteiger partial charge in [0.25, 0.3) is 5.91 Å². The van der Waals surface area contributed by atoms with Crippen LogP contribution in [0.5, 0.6) is 5.75 Å². The van der Waals surface area contributed by atoms with E-state index in [0.717, 1.165) is 0 Å². The first-order valence-corrected chi connectivity index (χ1v) is 10.8. The van der Waals surface area contributed by atoms with Gasteiger partial charge < -0.3 is 10.1 Å². The third-order valence-electron chi connectivity index (χ3n) is 4.60. The van der Waals surface area contributed by atoms with Gasteiger partial charge in [0.1, 0.15) is 5.75 Å². The van der Waals surface area contributed by atoms with Crippen LogP contribution in [0.1, 0.15) is 5.56 Å². The van der Waals surface area contributed by atoms with Crippen molar-refractivity contribution in [1.82, 2.24) is 0 Å². The Labute approximate surface area is 169 Å². The average molecular weight is 408 g/mol. The molecule has 0 spiro atoms. The average Bonchev–Trinajstić information content (AvgIpc) is 2.74. The largest absolute Gasteiger partial charge is 0.476 e. The number of nitrogens with zero attached hydrogens (tertiary/aromatic N) is 1. The Kier molecular flexibility index (Phi) is 5.22. The van der Waals surface area contributed by atoms with E-state index in [1.807, 2.05) is 24.3 Å². The fraction of sp³-hybridized carbons (Fsp3) is 0.136. The Balaban J connectivity index is 1.62. The number of carbonyl (C=O) groups excluding carboxylic acids is 1. The molecule has 7 heteroatoms. The molecular formula is C22H20N2O4S. The van der Waals surface area contributed by atoms with Crippen molar-refractivity contribution < 1.29 is 17.9 Å². The van der Waals surface area contributed by atoms with Crippen LogP contribution in [0.3, 0.4) is 0 Å². The monoisotopic (exact) mass is 408 g/mol. The van der Waals surface area contributed by atoms with Gasteiger partial charge in [-0.3, -0.25) is 9.10 Å². The van der Waals surface area contributed by atoms with Gasteiger partial charge in [0.15, 0.2) is 6.10 Å². The van der Waals surface area contributed by atoms with E-state index in [-0.39, 0.29) is 12.3 Å². The van der Waals surface area contributed by atoms with E-state index < -0.39 is 22.0 Å². The molecule has 0 saturated carbocycles. The number of benzene rings is 3. The van der Waals surface area contributed by atoms with Crippen molar-refractivity contribution in [1.29, 1.82) is 0 Å². The molecule has 3 aromatic carbocycles. The number of fused-ring (bicyclic) bond motifs is 1. The molecule has 1 atom stereocenters. The number of hydrogen-bond acceptors (Lipinski definition) is 4. The van der Waals surface area contributed by atoms with Crippen LogP contribution in [0.15, 0.2) is 84.9 Å². The third-order valence-corrected chi connectivity index (χ3v) is 6.31. The number of ether oxygens (including phenoxy) is 1. The van der Waals surface area contributed by atoms with Crippen LogP contribution in [-0.4, -0.2) is 27.0 Å². The van der Waals surface area contributed by atoms with Crippen LogP contribution >= 0.6 is 0 Å². The minimum absolute atomic E-state index is 0.0924. The van der Waals surface area contributed by atoms with Gasteiger partial charge in [-0.2, -0.15) is 0 Å². The highest BCUT2D eigenvalue weighted by atomic mass is 32.2. The maximum atomic E-state index is 13.2. The van der Waals surface area contributed by atoms with Gasteiger partial charge in [0.05, 0.1) is 18.0 Å². The second-order valence-electron chi connectivity index (χ2n) is 6.70. The zero-order valence-electron chi connectivity index (χ0n) is 15.6. The Hall–Kier alpha value is -3.32. The maximum Gasteiger partial charge on any atom is 0.267 e. The van der Waals surface area contributed by atoms with E-state index in [4.69, 9.17) is 4.74 Å². The molecule has 1 heterocycles. The highest BCUT2D eigenvalue weighted by Crippen LogP contribution is 2.36. The summed E-state index contributed by atoms with van der Waals surface area (Å²) in [5, 5.41) is 2.78. The van der Waals surface area contributed by atoms with E-state index >= 15 is 0 Å². The van der Waals surface area contributed by atoms with Gasteiger partial charge in [-0.1, -0.05) is 60.7 Å². The van der Waals surface area contributed by atoms with Crippen LogP contribution in [0, 0.1) is 0 Å². The topological polar surface area (TPSA) is 75.7 Å². The Morgan fingerprint density at radius 3 is 2.28 bits per heavy atom. The van der Waals surface area contributed by atoms with E-state index in [0.29, 0.717) is 22.7 Å². The van der Waals surface area contributed by atoms with Crippen LogP contribution in [0.2, 0.25) is 0 Å². The van der Waals surface area contributed by atoms with Crippen molar-refractivity contribution in [2.45, 2.75) is 11.9 Å². The van der Waals surface area contributed by atoms with E-state index in [1.54, 1.807) is 60.7 Å². The summed E-state index contributed by atoms with van der Waals surface area (Å²) in [6, 6.07) is 24.8. The normalized spacial score (nSPS) is 15.9. The minimum Gasteiger partial charge on any atom is -0.476 e. The van der Waals surface area contributed by atoms with Gasteiger partial charge in [-0.25, -0.2) is 8.42 Å². The van der Waals surface area contributed by atoms with Gasteiger partial charge in [0, 0.05) is 5.69 Å². The predicted molar refractivity (Wildman–Crippen MR) is 112 cm³/mol. The van der Waals surface area contributed by atoms with Gasteiger partial charge in [0.2, 0.25) is 10.0 Å². The van der Waals surface area contributed by atoms with Gasteiger partial charge >= 0.3 is 0 Å². The third kappa shape index (κ3) is 4.25. The summed E-state index contributed by atoms with van der Waals surface area (Å²) < 4.78 is 33.5. The molecule has 0 saturated heterocycles. The molecule has 1 aliphatic rings. The van der Waals surface area contributed by atoms with Crippen LogP contribution in [0.25, 0.3) is 0 Å². The van der Waals surface area contributed by atoms with E-state index in [9.17, 15) is 13.2 Å². The second kappa shape index (κ2) is 7.97. The Morgan fingerprint density at radius 1 is 0.931 bits per heavy atom. The summed E-state index contributed by atoms with van der Waals surface area (Å²) in [4.78, 5) is 12.8. The summed E-state index contributed by atoms with van der Waals surface area (Å²) in [5.74, 6) is -0.191. The summed E-state index contributed by atoms with van der Waals surface area (Å²) >= 11 is 0. The van der Waals surface area contributed by atoms with E-state index in [2.05, 4.69) is 5.32 Å². The number of hydrogen-bond donors (Lipinski definition) is 1. The fourth-order valence-corrected chi connectivity index (χ4v) is 4.79. The molecule has 0 bridgehead atoms. The molecule has 1 aliphatic heterocycles. The second-order valence-corrected chi connectivity index (χ2v) is 8.60. The number of para-hydroxylation sites is 3. The van der Waals surface area contributed by atoms with Crippen molar-refractivity contribution in [3.63, 3.8) is 0 Å². The zero-order valence-corrected chi connectivity index (χ0v) is 16.4. The van der Waals surface area contributed by atoms with Crippen LogP contribution in [0.4, 0.5) is 11.4 Å². The highest BCUT2D eigenvalue weighted by Gasteiger charge is 2.36. The lowest BCUT2D eigenvalue weighted by molar-refractivity contribution is -0.122. The predicted octanol–water partition coefficient (Wildman–Crippen LogP) is 3.42. The van der Waals surface area contributed by atoms with Crippen LogP contribution in [-0.2, 0) is 20.6 Å². The lowest BCUT2D eigenvalue weighted by Gasteiger charge is -2.34. The lowest BCUT2D eigenvalue weighted by atomic mass is 10.2. The standard InChI is InChI=1S/C22H20N2O4S/c25-22(23-18-11-5-2-6-12-18)21-15-24(19-13-7-8-14-20(19)28-21)29(26,27)16-17-9-3-1-4-10-17/h1-14,21H,15-16H2,(H,23,25)/t21-/m1/s1. The maximum absolute atomic E-state index is 13.2. The molecule has 0 aliphatic carbocycles. The van der Waals surface area contributed by atoms with Crippen molar-refractivity contribution in [3.8, 4) is 5.75 Å². The molecule has 1 amide bonds. The number of carbonyl (C=O) groups is 1. The number of sulfonamides is 1. The Bertz CT molecular complexity index is 1100. The first-order chi connectivity index (χ1) is 14.0. The minimum atomic E-state index is -3.72. The van der Waals surface area contributed by atoms with Crippen molar-refractivity contribution in [3.05, 3.63) is 90.5 Å². The molecule has 148 valence electrons. The van der Waals surface area contributed by atoms with Gasteiger partial charge in [-0.15, -0.1) is 0 Å². The number of rotatable bonds is 5. The first-order valence-electron chi connectivity index (χ1n) is 9.19. The van der Waals surface area contributed by atoms with Crippen molar-refractivity contribution >= 4 is 27.3 Å². The quantitative estimate of drug-likeness (QED) is 0.702. The zero-order chi connectivity index (χ0) is 20.3. The Morgan fingerprint density at radius 2 is 1.55 bits per heavy atom. The molecule has 0 radical (unpaired) electrons. The molecule has 3 aromatic rings. The fourth-order valence-electron chi connectivity index (χ4n) is 3.21. The molecule has 4 rings (SSSR count). The van der Waals surface area contributed by atoms with Crippen LogP contribution < -0.4 is 14.4 Å². The van der Waals surface area contributed by atoms with Gasteiger partial charge in [-0.05, 0) is 29.8 Å². The SMILES string of the molecule is O=C(Nc1ccccc1)[C@H]1CN(S(=O)(=O)Cc2ccccc2)c2ccccc2O1.